The van der Waals surface area contributed by atoms with Gasteiger partial charge in [-0.2, -0.15) is 0 Å². The standard InChI is InChI=1S/C10H6BrClO/c11-8-4-3-7(6-9(8)12)10-2-1-5-13-10/h1-6H. The lowest BCUT2D eigenvalue weighted by molar-refractivity contribution is 0.582. The monoisotopic (exact) mass is 256 g/mol. The summed E-state index contributed by atoms with van der Waals surface area (Å²) in [7, 11) is 0. The van der Waals surface area contributed by atoms with Gasteiger partial charge in [0.05, 0.1) is 11.3 Å². The van der Waals surface area contributed by atoms with Gasteiger partial charge in [-0.05, 0) is 40.2 Å². The Bertz CT molecular complexity index is 409. The van der Waals surface area contributed by atoms with Crippen molar-refractivity contribution < 1.29 is 4.42 Å². The quantitative estimate of drug-likeness (QED) is 0.740. The lowest BCUT2D eigenvalue weighted by Gasteiger charge is -1.99. The molecule has 3 heteroatoms. The van der Waals surface area contributed by atoms with Gasteiger partial charge in [0.2, 0.25) is 0 Å². The molecule has 0 spiro atoms. The Kier molecular flexibility index (Phi) is 2.42. The van der Waals surface area contributed by atoms with Crippen molar-refractivity contribution in [2.45, 2.75) is 0 Å². The van der Waals surface area contributed by atoms with Crippen LogP contribution in [0.1, 0.15) is 0 Å². The Labute approximate surface area is 89.5 Å². The van der Waals surface area contributed by atoms with Gasteiger partial charge >= 0.3 is 0 Å². The third-order valence-corrected chi connectivity index (χ3v) is 2.96. The zero-order chi connectivity index (χ0) is 9.26. The Morgan fingerprint density at radius 3 is 2.69 bits per heavy atom. The van der Waals surface area contributed by atoms with E-state index in [0.29, 0.717) is 5.02 Å². The summed E-state index contributed by atoms with van der Waals surface area (Å²) in [5.41, 5.74) is 0.984. The molecule has 0 N–H and O–H groups in total. The van der Waals surface area contributed by atoms with Gasteiger partial charge in [0.25, 0.3) is 0 Å². The van der Waals surface area contributed by atoms with Gasteiger partial charge in [0.15, 0.2) is 0 Å². The van der Waals surface area contributed by atoms with Crippen molar-refractivity contribution in [3.05, 3.63) is 46.1 Å². The summed E-state index contributed by atoms with van der Waals surface area (Å²) in [6, 6.07) is 9.48. The van der Waals surface area contributed by atoms with Crippen LogP contribution in [0, 0.1) is 0 Å². The number of benzene rings is 1. The first-order valence-corrected chi connectivity index (χ1v) is 4.93. The predicted molar refractivity (Wildman–Crippen MR) is 56.9 cm³/mol. The molecule has 66 valence electrons. The molecule has 0 saturated carbocycles. The van der Waals surface area contributed by atoms with Crippen molar-refractivity contribution in [1.82, 2.24) is 0 Å². The van der Waals surface area contributed by atoms with Crippen LogP contribution in [0.15, 0.2) is 45.5 Å². The van der Waals surface area contributed by atoms with Crippen LogP contribution in [0.5, 0.6) is 0 Å². The van der Waals surface area contributed by atoms with E-state index in [1.165, 1.54) is 0 Å². The molecule has 0 aliphatic carbocycles. The summed E-state index contributed by atoms with van der Waals surface area (Å²) in [6.45, 7) is 0. The molecule has 2 rings (SSSR count). The number of hydrogen-bond acceptors (Lipinski definition) is 1. The second-order valence-corrected chi connectivity index (χ2v) is 3.87. The summed E-state index contributed by atoms with van der Waals surface area (Å²) in [4.78, 5) is 0. The number of hydrogen-bond donors (Lipinski definition) is 0. The molecule has 0 atom stereocenters. The van der Waals surface area contributed by atoms with E-state index in [1.54, 1.807) is 6.26 Å². The molecule has 13 heavy (non-hydrogen) atoms. The molecule has 0 radical (unpaired) electrons. The third-order valence-electron chi connectivity index (χ3n) is 1.73. The number of furan rings is 1. The second kappa shape index (κ2) is 3.56. The Morgan fingerprint density at radius 2 is 2.08 bits per heavy atom. The SMILES string of the molecule is Clc1cc(-c2ccco2)ccc1Br. The van der Waals surface area contributed by atoms with Crippen molar-refractivity contribution >= 4 is 27.5 Å². The summed E-state index contributed by atoms with van der Waals surface area (Å²) in [5.74, 6) is 0.828. The van der Waals surface area contributed by atoms with E-state index in [9.17, 15) is 0 Å². The smallest absolute Gasteiger partial charge is 0.133 e. The molecule has 0 bridgehead atoms. The van der Waals surface area contributed by atoms with Crippen molar-refractivity contribution in [1.29, 1.82) is 0 Å². The molecular formula is C10H6BrClO. The Balaban J connectivity index is 2.49. The van der Waals surface area contributed by atoms with Crippen LogP contribution < -0.4 is 0 Å². The maximum Gasteiger partial charge on any atom is 0.133 e. The average Bonchev–Trinajstić information content (AvgIpc) is 2.62. The molecule has 1 heterocycles. The van der Waals surface area contributed by atoms with Crippen LogP contribution in [0.2, 0.25) is 5.02 Å². The molecule has 0 unspecified atom stereocenters. The summed E-state index contributed by atoms with van der Waals surface area (Å²) >= 11 is 9.27. The molecule has 2 aromatic rings. The summed E-state index contributed by atoms with van der Waals surface area (Å²) < 4.78 is 6.13. The fraction of sp³-hybridized carbons (Fsp3) is 0. The van der Waals surface area contributed by atoms with Crippen molar-refractivity contribution in [2.75, 3.05) is 0 Å². The molecule has 0 amide bonds. The fourth-order valence-electron chi connectivity index (χ4n) is 1.09. The van der Waals surface area contributed by atoms with E-state index in [-0.39, 0.29) is 0 Å². The second-order valence-electron chi connectivity index (χ2n) is 2.61. The van der Waals surface area contributed by atoms with Crippen molar-refractivity contribution in [3.63, 3.8) is 0 Å². The maximum absolute atomic E-state index is 5.94. The minimum atomic E-state index is 0.689. The van der Waals surface area contributed by atoms with Gasteiger partial charge in [-0.3, -0.25) is 0 Å². The molecule has 0 saturated heterocycles. The minimum absolute atomic E-state index is 0.689. The minimum Gasteiger partial charge on any atom is -0.464 e. The van der Waals surface area contributed by atoms with Gasteiger partial charge in [-0.15, -0.1) is 0 Å². The lowest BCUT2D eigenvalue weighted by Crippen LogP contribution is -1.74. The first kappa shape index (κ1) is 8.85. The molecule has 1 nitrogen and oxygen atoms in total. The molecule has 1 aromatic carbocycles. The van der Waals surface area contributed by atoms with E-state index in [2.05, 4.69) is 15.9 Å². The first-order valence-electron chi connectivity index (χ1n) is 3.76. The highest BCUT2D eigenvalue weighted by atomic mass is 79.9. The van der Waals surface area contributed by atoms with Crippen LogP contribution in [-0.2, 0) is 0 Å². The molecular weight excluding hydrogens is 251 g/mol. The van der Waals surface area contributed by atoms with Gasteiger partial charge < -0.3 is 4.42 Å². The van der Waals surface area contributed by atoms with E-state index in [0.717, 1.165) is 15.8 Å². The summed E-state index contributed by atoms with van der Waals surface area (Å²) in [5, 5.41) is 0.689. The number of halogens is 2. The van der Waals surface area contributed by atoms with Gasteiger partial charge in [-0.1, -0.05) is 17.7 Å². The fourth-order valence-corrected chi connectivity index (χ4v) is 1.52. The zero-order valence-electron chi connectivity index (χ0n) is 6.63. The van der Waals surface area contributed by atoms with E-state index >= 15 is 0 Å². The van der Waals surface area contributed by atoms with Gasteiger partial charge in [-0.25, -0.2) is 0 Å². The maximum atomic E-state index is 5.94. The molecule has 0 aliphatic rings. The average molecular weight is 258 g/mol. The van der Waals surface area contributed by atoms with Crippen LogP contribution in [0.25, 0.3) is 11.3 Å². The van der Waals surface area contributed by atoms with E-state index < -0.39 is 0 Å². The third kappa shape index (κ3) is 1.79. The Hall–Kier alpha value is -0.730. The van der Waals surface area contributed by atoms with Crippen LogP contribution >= 0.6 is 27.5 Å². The molecule has 0 fully saturated rings. The van der Waals surface area contributed by atoms with Crippen LogP contribution in [0.4, 0.5) is 0 Å². The lowest BCUT2D eigenvalue weighted by atomic mass is 10.2. The largest absolute Gasteiger partial charge is 0.464 e. The number of rotatable bonds is 1. The Morgan fingerprint density at radius 1 is 1.23 bits per heavy atom. The zero-order valence-corrected chi connectivity index (χ0v) is 8.97. The van der Waals surface area contributed by atoms with Crippen LogP contribution in [0.3, 0.4) is 0 Å². The van der Waals surface area contributed by atoms with E-state index in [4.69, 9.17) is 16.0 Å². The van der Waals surface area contributed by atoms with Crippen molar-refractivity contribution in [3.8, 4) is 11.3 Å². The highest BCUT2D eigenvalue weighted by molar-refractivity contribution is 9.10. The topological polar surface area (TPSA) is 13.1 Å². The highest BCUT2D eigenvalue weighted by Gasteiger charge is 2.02. The first-order chi connectivity index (χ1) is 6.27. The highest BCUT2D eigenvalue weighted by Crippen LogP contribution is 2.28. The molecule has 0 aliphatic heterocycles. The molecule has 1 aromatic heterocycles. The van der Waals surface area contributed by atoms with E-state index in [1.807, 2.05) is 30.3 Å². The summed E-state index contributed by atoms with van der Waals surface area (Å²) in [6.07, 6.45) is 1.64. The van der Waals surface area contributed by atoms with Gasteiger partial charge in [0, 0.05) is 10.0 Å². The van der Waals surface area contributed by atoms with Crippen molar-refractivity contribution in [2.24, 2.45) is 0 Å². The van der Waals surface area contributed by atoms with Crippen LogP contribution in [-0.4, -0.2) is 0 Å². The normalized spacial score (nSPS) is 10.3. The predicted octanol–water partition coefficient (Wildman–Crippen LogP) is 4.36. The van der Waals surface area contributed by atoms with Gasteiger partial charge in [0.1, 0.15) is 5.76 Å².